The minimum absolute atomic E-state index is 0.0621. The van der Waals surface area contributed by atoms with Crippen LogP contribution in [0, 0.1) is 0 Å². The highest BCUT2D eigenvalue weighted by atomic mass is 16.6. The fourth-order valence-corrected chi connectivity index (χ4v) is 8.23. The molecule has 0 aromatic carbocycles. The monoisotopic (exact) mass is 897 g/mol. The van der Waals surface area contributed by atoms with E-state index >= 15 is 0 Å². The molecular weight excluding hydrogens is 789 g/mol. The lowest BCUT2D eigenvalue weighted by Gasteiger charge is -2.18. The smallest absolute Gasteiger partial charge is 0.306 e. The molecule has 0 bridgehead atoms. The molecule has 1 atom stereocenters. The number of ether oxygens (including phenoxy) is 3. The SMILES string of the molecule is CC/C=C\C/C=C\C/C=C\C/C=C\CCC(=O)OC(COCCCCCCCCCCCCCCCCCCCC)COC(=O)CCCCCCCCCCCCCCCCCCC. The number of rotatable bonds is 52. The molecule has 0 N–H and O–H groups in total. The van der Waals surface area contributed by atoms with Crippen LogP contribution in [0.2, 0.25) is 0 Å². The van der Waals surface area contributed by atoms with Gasteiger partial charge < -0.3 is 14.2 Å². The first kappa shape index (κ1) is 61.9. The third kappa shape index (κ3) is 52.5. The van der Waals surface area contributed by atoms with E-state index in [9.17, 15) is 9.59 Å². The molecule has 5 nitrogen and oxygen atoms in total. The topological polar surface area (TPSA) is 61.8 Å². The number of allylic oxidation sites excluding steroid dienone is 8. The van der Waals surface area contributed by atoms with Gasteiger partial charge in [-0.2, -0.15) is 0 Å². The molecule has 0 aromatic heterocycles. The summed E-state index contributed by atoms with van der Waals surface area (Å²) >= 11 is 0. The average molecular weight is 898 g/mol. The van der Waals surface area contributed by atoms with Crippen molar-refractivity contribution in [2.24, 2.45) is 0 Å². The number of unbranched alkanes of at least 4 members (excludes halogenated alkanes) is 33. The molecule has 64 heavy (non-hydrogen) atoms. The lowest BCUT2D eigenvalue weighted by atomic mass is 10.0. The molecule has 0 spiro atoms. The molecule has 0 rings (SSSR count). The van der Waals surface area contributed by atoms with Gasteiger partial charge in [-0.15, -0.1) is 0 Å². The molecule has 374 valence electrons. The Balaban J connectivity index is 4.26. The second-order valence-corrected chi connectivity index (χ2v) is 18.8. The predicted octanol–water partition coefficient (Wildman–Crippen LogP) is 19.1. The number of esters is 2. The van der Waals surface area contributed by atoms with Gasteiger partial charge in [0, 0.05) is 19.4 Å². The van der Waals surface area contributed by atoms with Gasteiger partial charge >= 0.3 is 11.9 Å². The normalized spacial score (nSPS) is 12.5. The molecule has 0 aliphatic heterocycles. The summed E-state index contributed by atoms with van der Waals surface area (Å²) in [5.41, 5.74) is 0. The van der Waals surface area contributed by atoms with Crippen molar-refractivity contribution < 1.29 is 23.8 Å². The van der Waals surface area contributed by atoms with Crippen molar-refractivity contribution in [3.05, 3.63) is 48.6 Å². The van der Waals surface area contributed by atoms with Crippen molar-refractivity contribution in [1.82, 2.24) is 0 Å². The quantitative estimate of drug-likeness (QED) is 0.0346. The molecule has 0 saturated carbocycles. The van der Waals surface area contributed by atoms with E-state index in [0.717, 1.165) is 51.4 Å². The molecule has 0 saturated heterocycles. The van der Waals surface area contributed by atoms with E-state index in [4.69, 9.17) is 14.2 Å². The highest BCUT2D eigenvalue weighted by molar-refractivity contribution is 5.70. The molecule has 0 fully saturated rings. The third-order valence-corrected chi connectivity index (χ3v) is 12.4. The summed E-state index contributed by atoms with van der Waals surface area (Å²) in [6.45, 7) is 7.69. The minimum atomic E-state index is -0.569. The highest BCUT2D eigenvalue weighted by Gasteiger charge is 2.17. The van der Waals surface area contributed by atoms with Gasteiger partial charge in [-0.3, -0.25) is 9.59 Å². The van der Waals surface area contributed by atoms with E-state index in [1.165, 1.54) is 199 Å². The van der Waals surface area contributed by atoms with Crippen molar-refractivity contribution >= 4 is 11.9 Å². The van der Waals surface area contributed by atoms with Gasteiger partial charge in [0.25, 0.3) is 0 Å². The zero-order chi connectivity index (χ0) is 46.3. The molecule has 1 unspecified atom stereocenters. The molecule has 0 aliphatic rings. The van der Waals surface area contributed by atoms with Gasteiger partial charge in [0.05, 0.1) is 6.61 Å². The fraction of sp³-hybridized carbons (Fsp3) is 0.831. The fourth-order valence-electron chi connectivity index (χ4n) is 8.23. The first-order valence-corrected chi connectivity index (χ1v) is 28.2. The maximum atomic E-state index is 12.8. The Bertz CT molecular complexity index is 1060. The summed E-state index contributed by atoms with van der Waals surface area (Å²) < 4.78 is 17.4. The van der Waals surface area contributed by atoms with E-state index in [1.54, 1.807) is 0 Å². The van der Waals surface area contributed by atoms with Gasteiger partial charge in [-0.1, -0.05) is 281 Å². The van der Waals surface area contributed by atoms with E-state index in [-0.39, 0.29) is 25.2 Å². The Hall–Kier alpha value is -2.14. The van der Waals surface area contributed by atoms with Crippen molar-refractivity contribution in [3.63, 3.8) is 0 Å². The van der Waals surface area contributed by atoms with Crippen LogP contribution < -0.4 is 0 Å². The molecule has 5 heteroatoms. The number of hydrogen-bond acceptors (Lipinski definition) is 5. The van der Waals surface area contributed by atoms with Crippen molar-refractivity contribution in [1.29, 1.82) is 0 Å². The van der Waals surface area contributed by atoms with Gasteiger partial charge in [-0.05, 0) is 44.9 Å². The van der Waals surface area contributed by atoms with E-state index in [1.807, 2.05) is 6.08 Å². The Labute approximate surface area is 399 Å². The molecule has 0 amide bonds. The predicted molar refractivity (Wildman–Crippen MR) is 279 cm³/mol. The number of carbonyl (C=O) groups is 2. The molecule has 0 aromatic rings. The lowest BCUT2D eigenvalue weighted by molar-refractivity contribution is -0.162. The molecule has 0 radical (unpaired) electrons. The summed E-state index contributed by atoms with van der Waals surface area (Å²) in [4.78, 5) is 25.4. The second kappa shape index (κ2) is 55.2. The van der Waals surface area contributed by atoms with Crippen LogP contribution in [0.25, 0.3) is 0 Å². The first-order chi connectivity index (χ1) is 31.6. The largest absolute Gasteiger partial charge is 0.462 e. The Morgan fingerprint density at radius 3 is 1.09 bits per heavy atom. The minimum Gasteiger partial charge on any atom is -0.462 e. The summed E-state index contributed by atoms with van der Waals surface area (Å²) in [7, 11) is 0. The Morgan fingerprint density at radius 2 is 0.703 bits per heavy atom. The van der Waals surface area contributed by atoms with Crippen LogP contribution >= 0.6 is 0 Å². The van der Waals surface area contributed by atoms with Crippen LogP contribution in [0.15, 0.2) is 48.6 Å². The zero-order valence-corrected chi connectivity index (χ0v) is 43.1. The average Bonchev–Trinajstić information content (AvgIpc) is 3.30. The molecular formula is C59H108O5. The Morgan fingerprint density at radius 1 is 0.359 bits per heavy atom. The first-order valence-electron chi connectivity index (χ1n) is 28.2. The van der Waals surface area contributed by atoms with Crippen molar-refractivity contribution in [2.45, 2.75) is 297 Å². The van der Waals surface area contributed by atoms with Gasteiger partial charge in [0.2, 0.25) is 0 Å². The number of carbonyl (C=O) groups excluding carboxylic acids is 2. The molecule has 0 heterocycles. The van der Waals surface area contributed by atoms with E-state index < -0.39 is 6.10 Å². The van der Waals surface area contributed by atoms with Crippen LogP contribution in [0.1, 0.15) is 290 Å². The lowest BCUT2D eigenvalue weighted by Crippen LogP contribution is -2.30. The van der Waals surface area contributed by atoms with Gasteiger partial charge in [-0.25, -0.2) is 0 Å². The zero-order valence-electron chi connectivity index (χ0n) is 43.1. The van der Waals surface area contributed by atoms with E-state index in [2.05, 4.69) is 63.3 Å². The van der Waals surface area contributed by atoms with Crippen LogP contribution in [-0.2, 0) is 23.8 Å². The summed E-state index contributed by atoms with van der Waals surface area (Å²) in [5.74, 6) is -0.473. The van der Waals surface area contributed by atoms with Crippen LogP contribution in [0.3, 0.4) is 0 Å². The number of hydrogen-bond donors (Lipinski definition) is 0. The highest BCUT2D eigenvalue weighted by Crippen LogP contribution is 2.17. The second-order valence-electron chi connectivity index (χ2n) is 18.8. The maximum absolute atomic E-state index is 12.8. The van der Waals surface area contributed by atoms with Crippen LogP contribution in [-0.4, -0.2) is 37.9 Å². The summed E-state index contributed by atoms with van der Waals surface area (Å²) in [6.07, 6.45) is 68.6. The van der Waals surface area contributed by atoms with Crippen molar-refractivity contribution in [3.8, 4) is 0 Å². The van der Waals surface area contributed by atoms with Crippen LogP contribution in [0.4, 0.5) is 0 Å². The van der Waals surface area contributed by atoms with Gasteiger partial charge in [0.15, 0.2) is 6.10 Å². The van der Waals surface area contributed by atoms with E-state index in [0.29, 0.717) is 25.9 Å². The summed E-state index contributed by atoms with van der Waals surface area (Å²) in [5, 5.41) is 0. The van der Waals surface area contributed by atoms with Crippen molar-refractivity contribution in [2.75, 3.05) is 19.8 Å². The van der Waals surface area contributed by atoms with Gasteiger partial charge in [0.1, 0.15) is 6.61 Å². The Kier molecular flexibility index (Phi) is 53.3. The standard InChI is InChI=1S/C59H108O5/c1-4-7-10-13-16-19-22-25-27-29-31-33-36-39-42-45-48-51-54-62-55-57(64-59(61)53-50-47-44-41-38-34-24-21-18-15-12-9-6-3)56-63-58(60)52-49-46-43-40-37-35-32-30-28-26-23-20-17-14-11-8-5-2/h9,12,18,21,34,38,44,47,57H,4-8,10-11,13-17,19-20,22-33,35-37,39-43,45-46,48-56H2,1-3H3/b12-9-,21-18-,38-34-,47-44-. The maximum Gasteiger partial charge on any atom is 0.306 e. The third-order valence-electron chi connectivity index (χ3n) is 12.4. The summed E-state index contributed by atoms with van der Waals surface area (Å²) in [6, 6.07) is 0. The van der Waals surface area contributed by atoms with Crippen LogP contribution in [0.5, 0.6) is 0 Å². The molecule has 0 aliphatic carbocycles.